The van der Waals surface area contributed by atoms with Gasteiger partial charge in [-0.25, -0.2) is 0 Å². The minimum absolute atomic E-state index is 0.000278. The molecular formula is C7H15O3P. The number of hydrogen-bond acceptors (Lipinski definition) is 1. The second-order valence-electron chi connectivity index (χ2n) is 2.80. The summed E-state index contributed by atoms with van der Waals surface area (Å²) in [6, 6.07) is 0. The predicted octanol–water partition coefficient (Wildman–Crippen LogP) is 1.91. The smallest absolute Gasteiger partial charge is 0.324 e. The van der Waals surface area contributed by atoms with E-state index in [-0.39, 0.29) is 6.16 Å². The fourth-order valence-corrected chi connectivity index (χ4v) is 1.38. The molecule has 0 saturated heterocycles. The summed E-state index contributed by atoms with van der Waals surface area (Å²) in [7, 11) is -3.76. The van der Waals surface area contributed by atoms with E-state index < -0.39 is 7.60 Å². The molecule has 11 heavy (non-hydrogen) atoms. The Labute approximate surface area is 67.3 Å². The number of hydrogen-bond donors (Lipinski definition) is 2. The first kappa shape index (κ1) is 10.9. The second kappa shape index (κ2) is 4.70. The first-order valence-corrected chi connectivity index (χ1v) is 5.40. The molecule has 0 aromatic carbocycles. The quantitative estimate of drug-likeness (QED) is 0.384. The van der Waals surface area contributed by atoms with Crippen molar-refractivity contribution in [3.63, 3.8) is 0 Å². The summed E-state index contributed by atoms with van der Waals surface area (Å²) in [5, 5.41) is 0. The maximum atomic E-state index is 10.3. The summed E-state index contributed by atoms with van der Waals surface area (Å²) >= 11 is 0. The van der Waals surface area contributed by atoms with E-state index in [1.165, 1.54) is 0 Å². The third kappa shape index (κ3) is 9.89. The van der Waals surface area contributed by atoms with E-state index >= 15 is 0 Å². The molecule has 0 aromatic rings. The van der Waals surface area contributed by atoms with Crippen LogP contribution in [0.4, 0.5) is 0 Å². The van der Waals surface area contributed by atoms with Crippen LogP contribution in [0.15, 0.2) is 12.2 Å². The van der Waals surface area contributed by atoms with Crippen LogP contribution in [0.25, 0.3) is 0 Å². The van der Waals surface area contributed by atoms with E-state index in [1.54, 1.807) is 0 Å². The molecule has 2 N–H and O–H groups in total. The van der Waals surface area contributed by atoms with Crippen LogP contribution >= 0.6 is 7.60 Å². The molecule has 0 aliphatic heterocycles. The second-order valence-corrected chi connectivity index (χ2v) is 4.58. The molecule has 4 heteroatoms. The number of rotatable bonds is 5. The highest BCUT2D eigenvalue weighted by Crippen LogP contribution is 2.35. The van der Waals surface area contributed by atoms with Gasteiger partial charge in [-0.05, 0) is 26.2 Å². The highest BCUT2D eigenvalue weighted by Gasteiger charge is 2.10. The van der Waals surface area contributed by atoms with Crippen LogP contribution in [-0.4, -0.2) is 15.9 Å². The molecule has 0 unspecified atom stereocenters. The first-order valence-electron chi connectivity index (χ1n) is 3.61. The van der Waals surface area contributed by atoms with Crippen LogP contribution in [0.2, 0.25) is 0 Å². The summed E-state index contributed by atoms with van der Waals surface area (Å²) in [4.78, 5) is 16.9. The van der Waals surface area contributed by atoms with Gasteiger partial charge in [0.1, 0.15) is 0 Å². The lowest BCUT2D eigenvalue weighted by molar-refractivity contribution is 0.371. The van der Waals surface area contributed by atoms with Crippen molar-refractivity contribution in [3.05, 3.63) is 12.2 Å². The van der Waals surface area contributed by atoms with Gasteiger partial charge in [0.15, 0.2) is 0 Å². The van der Waals surface area contributed by atoms with E-state index in [4.69, 9.17) is 9.79 Å². The van der Waals surface area contributed by atoms with Gasteiger partial charge in [-0.3, -0.25) is 4.57 Å². The van der Waals surface area contributed by atoms with Gasteiger partial charge in [-0.15, -0.1) is 6.58 Å². The molecule has 0 bridgehead atoms. The minimum atomic E-state index is -3.76. The number of unbranched alkanes of at least 4 members (excludes halogenated alkanes) is 1. The average Bonchev–Trinajstić information content (AvgIpc) is 1.78. The van der Waals surface area contributed by atoms with Gasteiger partial charge < -0.3 is 9.79 Å². The standard InChI is InChI=1S/C7H15O3P/c1-7(2)5-3-4-6-11(8,9)10/h1,3-6H2,2H3,(H2,8,9,10). The van der Waals surface area contributed by atoms with Crippen molar-refractivity contribution in [2.75, 3.05) is 6.16 Å². The van der Waals surface area contributed by atoms with E-state index in [9.17, 15) is 4.57 Å². The molecule has 0 spiro atoms. The van der Waals surface area contributed by atoms with Gasteiger partial charge >= 0.3 is 7.60 Å². The fraction of sp³-hybridized carbons (Fsp3) is 0.714. The summed E-state index contributed by atoms with van der Waals surface area (Å²) < 4.78 is 10.3. The molecule has 3 nitrogen and oxygen atoms in total. The van der Waals surface area contributed by atoms with Crippen molar-refractivity contribution in [3.8, 4) is 0 Å². The third-order valence-corrected chi connectivity index (χ3v) is 2.20. The van der Waals surface area contributed by atoms with E-state index in [1.807, 2.05) is 6.92 Å². The zero-order valence-corrected chi connectivity index (χ0v) is 7.68. The molecule has 0 aliphatic rings. The molecule has 0 amide bonds. The molecule has 0 aromatic heterocycles. The molecule has 0 aliphatic carbocycles. The normalized spacial score (nSPS) is 11.5. The van der Waals surface area contributed by atoms with Crippen LogP contribution in [-0.2, 0) is 4.57 Å². The SMILES string of the molecule is C=C(C)CCCCP(=O)(O)O. The molecule has 0 saturated carbocycles. The predicted molar refractivity (Wildman–Crippen MR) is 45.6 cm³/mol. The summed E-state index contributed by atoms with van der Waals surface area (Å²) in [5.41, 5.74) is 1.07. The van der Waals surface area contributed by atoms with Gasteiger partial charge in [0, 0.05) is 6.16 Å². The Balaban J connectivity index is 3.29. The van der Waals surface area contributed by atoms with Crippen molar-refractivity contribution in [2.24, 2.45) is 0 Å². The molecule has 66 valence electrons. The van der Waals surface area contributed by atoms with Gasteiger partial charge in [-0.1, -0.05) is 5.57 Å². The Kier molecular flexibility index (Phi) is 4.66. The maximum absolute atomic E-state index is 10.3. The van der Waals surface area contributed by atoms with Crippen molar-refractivity contribution >= 4 is 7.60 Å². The summed E-state index contributed by atoms with van der Waals surface area (Å²) in [6.07, 6.45) is 2.26. The lowest BCUT2D eigenvalue weighted by atomic mass is 10.2. The Hall–Kier alpha value is -0.110. The largest absolute Gasteiger partial charge is 0.325 e. The van der Waals surface area contributed by atoms with Crippen LogP contribution in [0.3, 0.4) is 0 Å². The van der Waals surface area contributed by atoms with Crippen molar-refractivity contribution in [1.82, 2.24) is 0 Å². The summed E-state index contributed by atoms with van der Waals surface area (Å²) in [6.45, 7) is 5.61. The molecular weight excluding hydrogens is 163 g/mol. The van der Waals surface area contributed by atoms with Gasteiger partial charge in [0.25, 0.3) is 0 Å². The Morgan fingerprint density at radius 3 is 2.36 bits per heavy atom. The zero-order chi connectivity index (χ0) is 8.91. The van der Waals surface area contributed by atoms with E-state index in [0.717, 1.165) is 18.4 Å². The average molecular weight is 178 g/mol. The molecule has 0 rings (SSSR count). The summed E-state index contributed by atoms with van der Waals surface area (Å²) in [5.74, 6) is 0. The highest BCUT2D eigenvalue weighted by molar-refractivity contribution is 7.51. The number of allylic oxidation sites excluding steroid dienone is 1. The first-order chi connectivity index (χ1) is 4.92. The maximum Gasteiger partial charge on any atom is 0.325 e. The van der Waals surface area contributed by atoms with Gasteiger partial charge in [-0.2, -0.15) is 0 Å². The lowest BCUT2D eigenvalue weighted by Gasteiger charge is -2.02. The Morgan fingerprint density at radius 1 is 1.45 bits per heavy atom. The Morgan fingerprint density at radius 2 is 2.00 bits per heavy atom. The van der Waals surface area contributed by atoms with Crippen molar-refractivity contribution in [1.29, 1.82) is 0 Å². The van der Waals surface area contributed by atoms with Crippen molar-refractivity contribution < 1.29 is 14.4 Å². The van der Waals surface area contributed by atoms with Gasteiger partial charge in [0.2, 0.25) is 0 Å². The van der Waals surface area contributed by atoms with E-state index in [0.29, 0.717) is 6.42 Å². The topological polar surface area (TPSA) is 57.5 Å². The van der Waals surface area contributed by atoms with Gasteiger partial charge in [0.05, 0.1) is 0 Å². The van der Waals surface area contributed by atoms with Crippen molar-refractivity contribution in [2.45, 2.75) is 26.2 Å². The molecule has 0 heterocycles. The Bertz CT molecular complexity index is 171. The van der Waals surface area contributed by atoms with Crippen LogP contribution in [0.5, 0.6) is 0 Å². The zero-order valence-electron chi connectivity index (χ0n) is 6.79. The molecule has 0 atom stereocenters. The van der Waals surface area contributed by atoms with E-state index in [2.05, 4.69) is 6.58 Å². The molecule has 0 radical (unpaired) electrons. The van der Waals surface area contributed by atoms with Crippen LogP contribution in [0.1, 0.15) is 26.2 Å². The third-order valence-electron chi connectivity index (χ3n) is 1.30. The monoisotopic (exact) mass is 178 g/mol. The van der Waals surface area contributed by atoms with Crippen LogP contribution < -0.4 is 0 Å². The highest BCUT2D eigenvalue weighted by atomic mass is 31.2. The molecule has 0 fully saturated rings. The minimum Gasteiger partial charge on any atom is -0.324 e. The fourth-order valence-electron chi connectivity index (χ4n) is 0.745. The van der Waals surface area contributed by atoms with Crippen LogP contribution in [0, 0.1) is 0 Å². The lowest BCUT2D eigenvalue weighted by Crippen LogP contribution is -1.87.